The van der Waals surface area contributed by atoms with Crippen molar-refractivity contribution in [1.29, 1.82) is 0 Å². The van der Waals surface area contributed by atoms with Gasteiger partial charge in [-0.2, -0.15) is 0 Å². The van der Waals surface area contributed by atoms with E-state index in [0.717, 1.165) is 0 Å². The molecule has 0 spiro atoms. The minimum atomic E-state index is -0.878. The largest absolute Gasteiger partial charge is 0.507 e. The van der Waals surface area contributed by atoms with Crippen LogP contribution in [0.5, 0.6) is 11.5 Å². The molecule has 6 heteroatoms. The first kappa shape index (κ1) is 15.3. The molecule has 3 rings (SSSR count). The van der Waals surface area contributed by atoms with Crippen molar-refractivity contribution >= 4 is 5.78 Å². The van der Waals surface area contributed by atoms with E-state index in [1.165, 1.54) is 13.2 Å². The fraction of sp³-hybridized carbons (Fsp3) is 0.562. The number of methoxy groups -OCH3 is 2. The van der Waals surface area contributed by atoms with Crippen molar-refractivity contribution in [2.24, 2.45) is 11.8 Å². The molecule has 4 atom stereocenters. The second kappa shape index (κ2) is 5.22. The maximum absolute atomic E-state index is 12.7. The van der Waals surface area contributed by atoms with E-state index >= 15 is 0 Å². The molecule has 0 amide bonds. The molecule has 2 aliphatic rings. The number of ketones is 1. The molecule has 22 heavy (non-hydrogen) atoms. The Bertz CT molecular complexity index is 613. The van der Waals surface area contributed by atoms with Gasteiger partial charge in [0.05, 0.1) is 31.3 Å². The van der Waals surface area contributed by atoms with Crippen LogP contribution in [0, 0.1) is 11.8 Å². The van der Waals surface area contributed by atoms with Crippen LogP contribution in [0.25, 0.3) is 0 Å². The van der Waals surface area contributed by atoms with Crippen LogP contribution in [0.15, 0.2) is 12.1 Å². The van der Waals surface area contributed by atoms with Crippen molar-refractivity contribution in [2.75, 3.05) is 20.8 Å². The zero-order valence-electron chi connectivity index (χ0n) is 12.8. The topological polar surface area (TPSA) is 85.2 Å². The Morgan fingerprint density at radius 3 is 2.73 bits per heavy atom. The Hall–Kier alpha value is -1.63. The number of benzene rings is 1. The van der Waals surface area contributed by atoms with Gasteiger partial charge >= 0.3 is 0 Å². The quantitative estimate of drug-likeness (QED) is 0.864. The summed E-state index contributed by atoms with van der Waals surface area (Å²) in [6.45, 7) is 1.95. The van der Waals surface area contributed by atoms with E-state index in [4.69, 9.17) is 14.2 Å². The number of carbonyl (C=O) groups excluding carboxylic acids is 1. The van der Waals surface area contributed by atoms with Gasteiger partial charge in [-0.3, -0.25) is 4.79 Å². The van der Waals surface area contributed by atoms with Crippen LogP contribution in [0.2, 0.25) is 0 Å². The molecule has 6 nitrogen and oxygen atoms in total. The normalized spacial score (nSPS) is 34.0. The zero-order valence-corrected chi connectivity index (χ0v) is 12.8. The van der Waals surface area contributed by atoms with Gasteiger partial charge < -0.3 is 24.4 Å². The predicted octanol–water partition coefficient (Wildman–Crippen LogP) is 1.65. The Balaban J connectivity index is 2.06. The highest BCUT2D eigenvalue weighted by atomic mass is 16.7. The summed E-state index contributed by atoms with van der Waals surface area (Å²) in [5, 5.41) is 20.8. The lowest BCUT2D eigenvalue weighted by Crippen LogP contribution is -2.49. The van der Waals surface area contributed by atoms with E-state index in [9.17, 15) is 15.0 Å². The zero-order chi connectivity index (χ0) is 16.1. The van der Waals surface area contributed by atoms with Crippen molar-refractivity contribution in [3.63, 3.8) is 0 Å². The van der Waals surface area contributed by atoms with Crippen molar-refractivity contribution in [3.05, 3.63) is 23.3 Å². The molecule has 1 heterocycles. The first-order chi connectivity index (χ1) is 10.4. The number of aliphatic hydroxyl groups excluding tert-OH is 1. The average molecular weight is 308 g/mol. The summed E-state index contributed by atoms with van der Waals surface area (Å²) in [4.78, 5) is 12.7. The molecule has 0 bridgehead atoms. The van der Waals surface area contributed by atoms with Gasteiger partial charge in [0.15, 0.2) is 11.6 Å². The second-order valence-corrected chi connectivity index (χ2v) is 6.04. The van der Waals surface area contributed by atoms with E-state index < -0.39 is 17.8 Å². The number of hydrogen-bond acceptors (Lipinski definition) is 6. The minimum Gasteiger partial charge on any atom is -0.507 e. The van der Waals surface area contributed by atoms with E-state index in [-0.39, 0.29) is 29.6 Å². The summed E-state index contributed by atoms with van der Waals surface area (Å²) in [7, 11) is 3.01. The third-order valence-electron chi connectivity index (χ3n) is 4.79. The molecule has 1 aliphatic carbocycles. The Labute approximate surface area is 128 Å². The molecule has 1 aromatic rings. The third kappa shape index (κ3) is 2.18. The SMILES string of the molecule is COc1cc(O)c2c(c1)[C@H](O)[C@H]1C[C@@](C)(OC)OC[C@H]1C2=O. The van der Waals surface area contributed by atoms with Gasteiger partial charge in [0.1, 0.15) is 11.5 Å². The molecular formula is C16H20O6. The van der Waals surface area contributed by atoms with E-state index in [1.807, 2.05) is 0 Å². The number of aromatic hydroxyl groups is 1. The van der Waals surface area contributed by atoms with Gasteiger partial charge in [-0.25, -0.2) is 0 Å². The van der Waals surface area contributed by atoms with Crippen molar-refractivity contribution < 1.29 is 29.2 Å². The van der Waals surface area contributed by atoms with E-state index in [1.54, 1.807) is 20.1 Å². The molecule has 1 saturated heterocycles. The number of hydrogen-bond donors (Lipinski definition) is 2. The Kier molecular flexibility index (Phi) is 3.63. The lowest BCUT2D eigenvalue weighted by molar-refractivity contribution is -0.257. The number of phenolic OH excluding ortho intramolecular Hbond substituents is 1. The summed E-state index contributed by atoms with van der Waals surface area (Å²) in [5.74, 6) is -1.58. The van der Waals surface area contributed by atoms with Gasteiger partial charge in [0.25, 0.3) is 0 Å². The molecular weight excluding hydrogens is 288 g/mol. The number of Topliss-reactive ketones (excluding diaryl/α,β-unsaturated/α-hetero) is 1. The average Bonchev–Trinajstić information content (AvgIpc) is 2.51. The van der Waals surface area contributed by atoms with Crippen molar-refractivity contribution in [2.45, 2.75) is 25.2 Å². The molecule has 0 unspecified atom stereocenters. The molecule has 1 fully saturated rings. The van der Waals surface area contributed by atoms with Crippen LogP contribution < -0.4 is 4.74 Å². The smallest absolute Gasteiger partial charge is 0.172 e. The van der Waals surface area contributed by atoms with Crippen molar-refractivity contribution in [1.82, 2.24) is 0 Å². The van der Waals surface area contributed by atoms with Gasteiger partial charge in [-0.05, 0) is 18.6 Å². The fourth-order valence-electron chi connectivity index (χ4n) is 3.42. The van der Waals surface area contributed by atoms with Gasteiger partial charge in [0, 0.05) is 25.5 Å². The molecule has 1 aromatic carbocycles. The third-order valence-corrected chi connectivity index (χ3v) is 4.79. The van der Waals surface area contributed by atoms with Gasteiger partial charge in [0.2, 0.25) is 0 Å². The Morgan fingerprint density at radius 1 is 1.36 bits per heavy atom. The number of carbonyl (C=O) groups is 1. The highest BCUT2D eigenvalue weighted by molar-refractivity contribution is 6.03. The van der Waals surface area contributed by atoms with Crippen LogP contribution in [0.4, 0.5) is 0 Å². The highest BCUT2D eigenvalue weighted by Gasteiger charge is 2.50. The maximum Gasteiger partial charge on any atom is 0.172 e. The number of rotatable bonds is 2. The molecule has 0 saturated carbocycles. The second-order valence-electron chi connectivity index (χ2n) is 6.04. The monoisotopic (exact) mass is 308 g/mol. The van der Waals surface area contributed by atoms with Crippen LogP contribution in [0.3, 0.4) is 0 Å². The molecule has 0 radical (unpaired) electrons. The van der Waals surface area contributed by atoms with Crippen molar-refractivity contribution in [3.8, 4) is 11.5 Å². The first-order valence-corrected chi connectivity index (χ1v) is 7.22. The molecule has 2 N–H and O–H groups in total. The van der Waals surface area contributed by atoms with Gasteiger partial charge in [-0.15, -0.1) is 0 Å². The summed E-state index contributed by atoms with van der Waals surface area (Å²) in [6.07, 6.45) is -0.476. The number of fused-ring (bicyclic) bond motifs is 2. The summed E-state index contributed by atoms with van der Waals surface area (Å²) in [6, 6.07) is 2.99. The van der Waals surface area contributed by atoms with Crippen LogP contribution in [-0.4, -0.2) is 42.6 Å². The molecule has 120 valence electrons. The first-order valence-electron chi connectivity index (χ1n) is 7.22. The summed E-state index contributed by atoms with van der Waals surface area (Å²) in [5.41, 5.74) is 0.572. The maximum atomic E-state index is 12.7. The number of aliphatic hydroxyl groups is 1. The lowest BCUT2D eigenvalue weighted by atomic mass is 9.69. The van der Waals surface area contributed by atoms with Crippen LogP contribution in [-0.2, 0) is 9.47 Å². The van der Waals surface area contributed by atoms with E-state index in [2.05, 4.69) is 0 Å². The number of ether oxygens (including phenoxy) is 3. The van der Waals surface area contributed by atoms with Gasteiger partial charge in [-0.1, -0.05) is 0 Å². The fourth-order valence-corrected chi connectivity index (χ4v) is 3.42. The van der Waals surface area contributed by atoms with Crippen LogP contribution >= 0.6 is 0 Å². The number of phenols is 1. The van der Waals surface area contributed by atoms with E-state index in [0.29, 0.717) is 17.7 Å². The highest BCUT2D eigenvalue weighted by Crippen LogP contribution is 2.48. The predicted molar refractivity (Wildman–Crippen MR) is 76.9 cm³/mol. The Morgan fingerprint density at radius 2 is 2.09 bits per heavy atom. The summed E-state index contributed by atoms with van der Waals surface area (Å²) < 4.78 is 16.1. The molecule has 1 aliphatic heterocycles. The lowest BCUT2D eigenvalue weighted by Gasteiger charge is -2.45. The standard InChI is InChI=1S/C16H20O6/c1-16(21-3)6-10-11(7-22-16)15(19)13-9(14(10)18)4-8(20-2)5-12(13)17/h4-5,10-11,14,17-18H,6-7H2,1-3H3/t10-,11+,14-,16-/m0/s1. The minimum absolute atomic E-state index is 0.163. The van der Waals surface area contributed by atoms with Crippen LogP contribution in [0.1, 0.15) is 35.4 Å². The summed E-state index contributed by atoms with van der Waals surface area (Å²) >= 11 is 0. The molecule has 0 aromatic heterocycles.